The molecule has 0 spiro atoms. The number of morpholine rings is 1. The summed E-state index contributed by atoms with van der Waals surface area (Å²) >= 11 is 0. The van der Waals surface area contributed by atoms with Crippen molar-refractivity contribution >= 4 is 0 Å². The first-order valence-electron chi connectivity index (χ1n) is 8.47. The second-order valence-corrected chi connectivity index (χ2v) is 7.46. The maximum atomic E-state index is 5.45. The summed E-state index contributed by atoms with van der Waals surface area (Å²) in [4.78, 5) is 9.66. The SMILES string of the molecule is Cc1nc(C2CCCN2CC(C)(C)CN2CCOCC2)n[nH]1. The molecule has 22 heavy (non-hydrogen) atoms. The minimum absolute atomic E-state index is 0.269. The van der Waals surface area contributed by atoms with Crippen molar-refractivity contribution in [2.45, 2.75) is 39.7 Å². The van der Waals surface area contributed by atoms with Crippen LogP contribution in [-0.4, -0.2) is 70.9 Å². The highest BCUT2D eigenvalue weighted by molar-refractivity contribution is 5.00. The van der Waals surface area contributed by atoms with Crippen LogP contribution in [0.25, 0.3) is 0 Å². The highest BCUT2D eigenvalue weighted by Crippen LogP contribution is 2.33. The maximum absolute atomic E-state index is 5.45. The lowest BCUT2D eigenvalue weighted by Gasteiger charge is -2.38. The van der Waals surface area contributed by atoms with E-state index in [-0.39, 0.29) is 5.41 Å². The zero-order chi connectivity index (χ0) is 15.6. The fourth-order valence-electron chi connectivity index (χ4n) is 3.78. The molecule has 1 aromatic heterocycles. The van der Waals surface area contributed by atoms with Gasteiger partial charge in [0.05, 0.1) is 19.3 Å². The molecule has 0 radical (unpaired) electrons. The quantitative estimate of drug-likeness (QED) is 0.895. The van der Waals surface area contributed by atoms with Crippen LogP contribution in [0.1, 0.15) is 44.4 Å². The van der Waals surface area contributed by atoms with E-state index in [9.17, 15) is 0 Å². The van der Waals surface area contributed by atoms with E-state index in [0.717, 1.165) is 57.6 Å². The molecule has 3 rings (SSSR count). The zero-order valence-corrected chi connectivity index (χ0v) is 14.1. The van der Waals surface area contributed by atoms with Crippen LogP contribution in [0, 0.1) is 12.3 Å². The van der Waals surface area contributed by atoms with E-state index in [0.29, 0.717) is 6.04 Å². The van der Waals surface area contributed by atoms with Crippen LogP contribution in [0.15, 0.2) is 0 Å². The van der Waals surface area contributed by atoms with Gasteiger partial charge in [0.1, 0.15) is 5.82 Å². The van der Waals surface area contributed by atoms with Crippen molar-refractivity contribution in [2.24, 2.45) is 5.41 Å². The van der Waals surface area contributed by atoms with Crippen LogP contribution in [0.5, 0.6) is 0 Å². The van der Waals surface area contributed by atoms with Crippen molar-refractivity contribution in [3.8, 4) is 0 Å². The fraction of sp³-hybridized carbons (Fsp3) is 0.875. The Morgan fingerprint density at radius 1 is 1.23 bits per heavy atom. The predicted octanol–water partition coefficient (Wildman–Crippen LogP) is 1.61. The minimum Gasteiger partial charge on any atom is -0.379 e. The second-order valence-electron chi connectivity index (χ2n) is 7.46. The Morgan fingerprint density at radius 3 is 2.68 bits per heavy atom. The topological polar surface area (TPSA) is 57.3 Å². The molecule has 124 valence electrons. The molecule has 1 aromatic rings. The second kappa shape index (κ2) is 6.64. The number of hydrogen-bond acceptors (Lipinski definition) is 5. The van der Waals surface area contributed by atoms with E-state index in [4.69, 9.17) is 4.74 Å². The number of aromatic nitrogens is 3. The monoisotopic (exact) mass is 307 g/mol. The smallest absolute Gasteiger partial charge is 0.167 e. The number of nitrogens with one attached hydrogen (secondary N) is 1. The van der Waals surface area contributed by atoms with E-state index in [1.807, 2.05) is 6.92 Å². The zero-order valence-electron chi connectivity index (χ0n) is 14.1. The van der Waals surface area contributed by atoms with Crippen LogP contribution in [0.2, 0.25) is 0 Å². The normalized spacial score (nSPS) is 25.0. The van der Waals surface area contributed by atoms with E-state index >= 15 is 0 Å². The molecule has 6 heteroatoms. The van der Waals surface area contributed by atoms with Crippen molar-refractivity contribution in [3.05, 3.63) is 11.6 Å². The number of rotatable bonds is 5. The van der Waals surface area contributed by atoms with Gasteiger partial charge in [-0.1, -0.05) is 13.8 Å². The van der Waals surface area contributed by atoms with Crippen LogP contribution in [-0.2, 0) is 4.74 Å². The predicted molar refractivity (Wildman–Crippen MR) is 85.7 cm³/mol. The molecular formula is C16H29N5O. The molecule has 1 unspecified atom stereocenters. The van der Waals surface area contributed by atoms with Crippen molar-refractivity contribution in [3.63, 3.8) is 0 Å². The summed E-state index contributed by atoms with van der Waals surface area (Å²) < 4.78 is 5.45. The number of aromatic amines is 1. The molecule has 6 nitrogen and oxygen atoms in total. The van der Waals surface area contributed by atoms with E-state index in [1.165, 1.54) is 12.8 Å². The van der Waals surface area contributed by atoms with Gasteiger partial charge in [0.15, 0.2) is 5.82 Å². The highest BCUT2D eigenvalue weighted by atomic mass is 16.5. The first-order chi connectivity index (χ1) is 10.5. The van der Waals surface area contributed by atoms with Gasteiger partial charge in [-0.25, -0.2) is 4.98 Å². The number of aryl methyl sites for hydroxylation is 1. The van der Waals surface area contributed by atoms with Crippen molar-refractivity contribution in [2.75, 3.05) is 45.9 Å². The first kappa shape index (κ1) is 15.9. The Hall–Kier alpha value is -0.980. The summed E-state index contributed by atoms with van der Waals surface area (Å²) in [6.45, 7) is 14.0. The molecule has 1 N–H and O–H groups in total. The van der Waals surface area contributed by atoms with Crippen LogP contribution in [0.3, 0.4) is 0 Å². The van der Waals surface area contributed by atoms with Crippen LogP contribution >= 0.6 is 0 Å². The molecule has 2 fully saturated rings. The standard InChI is InChI=1S/C16H29N5O/c1-13-17-15(19-18-13)14-5-4-6-21(14)12-16(2,3)11-20-7-9-22-10-8-20/h14H,4-12H2,1-3H3,(H,17,18,19). The third-order valence-electron chi connectivity index (χ3n) is 4.66. The molecule has 1 atom stereocenters. The molecule has 2 aliphatic heterocycles. The lowest BCUT2D eigenvalue weighted by atomic mass is 9.91. The lowest BCUT2D eigenvalue weighted by Crippen LogP contribution is -2.46. The number of nitrogens with zero attached hydrogens (tertiary/aromatic N) is 4. The molecule has 2 saturated heterocycles. The van der Waals surface area contributed by atoms with Gasteiger partial charge in [0.25, 0.3) is 0 Å². The van der Waals surface area contributed by atoms with Gasteiger partial charge in [0, 0.05) is 26.2 Å². The van der Waals surface area contributed by atoms with E-state index < -0.39 is 0 Å². The summed E-state index contributed by atoms with van der Waals surface area (Å²) in [5, 5.41) is 7.37. The highest BCUT2D eigenvalue weighted by Gasteiger charge is 2.34. The average Bonchev–Trinajstić information content (AvgIpc) is 3.07. The van der Waals surface area contributed by atoms with Gasteiger partial charge in [-0.15, -0.1) is 0 Å². The van der Waals surface area contributed by atoms with E-state index in [1.54, 1.807) is 0 Å². The van der Waals surface area contributed by atoms with Gasteiger partial charge in [-0.2, -0.15) is 5.10 Å². The van der Waals surface area contributed by atoms with Gasteiger partial charge in [-0.05, 0) is 31.7 Å². The number of hydrogen-bond donors (Lipinski definition) is 1. The summed E-state index contributed by atoms with van der Waals surface area (Å²) in [6.07, 6.45) is 2.41. The van der Waals surface area contributed by atoms with E-state index in [2.05, 4.69) is 38.8 Å². The summed E-state index contributed by atoms with van der Waals surface area (Å²) in [7, 11) is 0. The summed E-state index contributed by atoms with van der Waals surface area (Å²) in [5.74, 6) is 1.88. The summed E-state index contributed by atoms with van der Waals surface area (Å²) in [6, 6.07) is 0.383. The molecule has 0 amide bonds. The number of likely N-dealkylation sites (tertiary alicyclic amines) is 1. The molecule has 0 aromatic carbocycles. The Bertz CT molecular complexity index is 481. The molecule has 0 aliphatic carbocycles. The molecule has 0 bridgehead atoms. The Balaban J connectivity index is 1.60. The van der Waals surface area contributed by atoms with Gasteiger partial charge in [0.2, 0.25) is 0 Å². The minimum atomic E-state index is 0.269. The lowest BCUT2D eigenvalue weighted by molar-refractivity contribution is 0.0139. The van der Waals surface area contributed by atoms with Crippen molar-refractivity contribution in [1.82, 2.24) is 25.0 Å². The molecule has 2 aliphatic rings. The Kier molecular flexibility index (Phi) is 4.80. The average molecular weight is 307 g/mol. The number of ether oxygens (including phenoxy) is 1. The molecular weight excluding hydrogens is 278 g/mol. The first-order valence-corrected chi connectivity index (χ1v) is 8.47. The Labute approximate surface area is 133 Å². The molecule has 3 heterocycles. The third-order valence-corrected chi connectivity index (χ3v) is 4.66. The fourth-order valence-corrected chi connectivity index (χ4v) is 3.78. The summed E-state index contributed by atoms with van der Waals surface area (Å²) in [5.41, 5.74) is 0.269. The van der Waals surface area contributed by atoms with Crippen molar-refractivity contribution < 1.29 is 4.74 Å². The molecule has 0 saturated carbocycles. The van der Waals surface area contributed by atoms with Gasteiger partial charge >= 0.3 is 0 Å². The van der Waals surface area contributed by atoms with Crippen LogP contribution < -0.4 is 0 Å². The Morgan fingerprint density at radius 2 is 2.00 bits per heavy atom. The van der Waals surface area contributed by atoms with Crippen molar-refractivity contribution in [1.29, 1.82) is 0 Å². The largest absolute Gasteiger partial charge is 0.379 e. The van der Waals surface area contributed by atoms with Crippen LogP contribution in [0.4, 0.5) is 0 Å². The maximum Gasteiger partial charge on any atom is 0.167 e. The third kappa shape index (κ3) is 3.86. The van der Waals surface area contributed by atoms with Gasteiger partial charge < -0.3 is 4.74 Å². The number of H-pyrrole nitrogens is 1. The van der Waals surface area contributed by atoms with Gasteiger partial charge in [-0.3, -0.25) is 14.9 Å².